The number of hydrogen-bond donors (Lipinski definition) is 1. The number of aryl methyl sites for hydroxylation is 2. The van der Waals surface area contributed by atoms with Gasteiger partial charge in [0, 0.05) is 19.1 Å². The highest BCUT2D eigenvalue weighted by molar-refractivity contribution is 6.00. The molecule has 0 radical (unpaired) electrons. The molecule has 76 valence electrons. The van der Waals surface area contributed by atoms with E-state index in [4.69, 9.17) is 5.11 Å². The average Bonchev–Trinajstić information content (AvgIpc) is 2.63. The lowest BCUT2D eigenvalue weighted by Crippen LogP contribution is -1.91. The Balaban J connectivity index is 0.000000461. The molecule has 0 fully saturated rings. The maximum atomic E-state index is 11.3. The van der Waals surface area contributed by atoms with Crippen LogP contribution in [0.2, 0.25) is 0 Å². The Kier molecular flexibility index (Phi) is 3.84. The van der Waals surface area contributed by atoms with Crippen LogP contribution in [0.4, 0.5) is 0 Å². The molecular formula is C12H16O2. The summed E-state index contributed by atoms with van der Waals surface area (Å²) in [6.45, 7) is 2.14. The zero-order chi connectivity index (χ0) is 10.6. The number of aliphatic hydroxyl groups is 1. The second kappa shape index (κ2) is 4.91. The van der Waals surface area contributed by atoms with E-state index < -0.39 is 0 Å². The second-order valence-electron chi connectivity index (χ2n) is 3.27. The minimum Gasteiger partial charge on any atom is -0.400 e. The first-order valence-corrected chi connectivity index (χ1v) is 4.91. The van der Waals surface area contributed by atoms with Crippen molar-refractivity contribution in [3.63, 3.8) is 0 Å². The lowest BCUT2D eigenvalue weighted by Gasteiger charge is -2.00. The molecule has 0 bridgehead atoms. The Bertz CT molecular complexity index is 329. The molecule has 1 aromatic rings. The van der Waals surface area contributed by atoms with Crippen LogP contribution in [0.15, 0.2) is 18.2 Å². The molecular weight excluding hydrogens is 176 g/mol. The van der Waals surface area contributed by atoms with E-state index >= 15 is 0 Å². The molecule has 0 saturated heterocycles. The Morgan fingerprint density at radius 2 is 2.00 bits per heavy atom. The van der Waals surface area contributed by atoms with Crippen LogP contribution in [-0.2, 0) is 12.8 Å². The van der Waals surface area contributed by atoms with Crippen molar-refractivity contribution in [3.05, 3.63) is 34.9 Å². The fourth-order valence-electron chi connectivity index (χ4n) is 1.73. The van der Waals surface area contributed by atoms with Crippen LogP contribution in [0.25, 0.3) is 0 Å². The van der Waals surface area contributed by atoms with Gasteiger partial charge in [0.05, 0.1) is 0 Å². The van der Waals surface area contributed by atoms with E-state index in [1.807, 2.05) is 6.07 Å². The van der Waals surface area contributed by atoms with Gasteiger partial charge in [0.15, 0.2) is 5.78 Å². The fourth-order valence-corrected chi connectivity index (χ4v) is 1.73. The minimum absolute atomic E-state index is 0.313. The van der Waals surface area contributed by atoms with Crippen molar-refractivity contribution in [1.82, 2.24) is 0 Å². The topological polar surface area (TPSA) is 37.3 Å². The zero-order valence-corrected chi connectivity index (χ0v) is 8.71. The summed E-state index contributed by atoms with van der Waals surface area (Å²) in [5.41, 5.74) is 3.54. The van der Waals surface area contributed by atoms with Gasteiger partial charge in [-0.15, -0.1) is 0 Å². The first kappa shape index (κ1) is 10.9. The molecule has 0 spiro atoms. The molecule has 0 aliphatic heterocycles. The van der Waals surface area contributed by atoms with Crippen LogP contribution in [-0.4, -0.2) is 18.0 Å². The van der Waals surface area contributed by atoms with E-state index in [-0.39, 0.29) is 0 Å². The lowest BCUT2D eigenvalue weighted by molar-refractivity contribution is 0.0994. The predicted molar refractivity (Wildman–Crippen MR) is 56.6 cm³/mol. The summed E-state index contributed by atoms with van der Waals surface area (Å²) >= 11 is 0. The van der Waals surface area contributed by atoms with Crippen molar-refractivity contribution in [3.8, 4) is 0 Å². The summed E-state index contributed by atoms with van der Waals surface area (Å²) in [4.78, 5) is 11.3. The smallest absolute Gasteiger partial charge is 0.163 e. The first-order valence-electron chi connectivity index (χ1n) is 4.91. The summed E-state index contributed by atoms with van der Waals surface area (Å²) in [5.74, 6) is 0.313. The number of hydrogen-bond acceptors (Lipinski definition) is 2. The van der Waals surface area contributed by atoms with Crippen LogP contribution < -0.4 is 0 Å². The van der Waals surface area contributed by atoms with E-state index in [0.717, 1.165) is 25.5 Å². The summed E-state index contributed by atoms with van der Waals surface area (Å²) in [5, 5.41) is 7.00. The van der Waals surface area contributed by atoms with Gasteiger partial charge in [-0.2, -0.15) is 0 Å². The third-order valence-corrected chi connectivity index (χ3v) is 2.50. The third kappa shape index (κ3) is 2.02. The molecule has 0 saturated carbocycles. The Morgan fingerprint density at radius 3 is 2.64 bits per heavy atom. The highest BCUT2D eigenvalue weighted by Gasteiger charge is 2.18. The number of ketones is 1. The van der Waals surface area contributed by atoms with Crippen LogP contribution >= 0.6 is 0 Å². The third-order valence-electron chi connectivity index (χ3n) is 2.50. The molecule has 1 aromatic carbocycles. The molecule has 0 aromatic heterocycles. The number of benzene rings is 1. The monoisotopic (exact) mass is 192 g/mol. The van der Waals surface area contributed by atoms with Gasteiger partial charge in [0.1, 0.15) is 0 Å². The highest BCUT2D eigenvalue weighted by atomic mass is 16.2. The van der Waals surface area contributed by atoms with E-state index in [0.29, 0.717) is 12.2 Å². The molecule has 2 nitrogen and oxygen atoms in total. The number of carbonyl (C=O) groups is 1. The van der Waals surface area contributed by atoms with E-state index in [2.05, 4.69) is 19.1 Å². The fraction of sp³-hybridized carbons (Fsp3) is 0.417. The lowest BCUT2D eigenvalue weighted by atomic mass is 10.0. The number of carbonyl (C=O) groups excluding carboxylic acids is 1. The van der Waals surface area contributed by atoms with Gasteiger partial charge in [-0.05, 0) is 24.0 Å². The van der Waals surface area contributed by atoms with Crippen molar-refractivity contribution in [2.24, 2.45) is 0 Å². The maximum Gasteiger partial charge on any atom is 0.163 e. The van der Waals surface area contributed by atoms with Gasteiger partial charge in [-0.3, -0.25) is 4.79 Å². The number of rotatable bonds is 1. The van der Waals surface area contributed by atoms with Crippen LogP contribution in [0.3, 0.4) is 0 Å². The quantitative estimate of drug-likeness (QED) is 0.738. The van der Waals surface area contributed by atoms with Crippen molar-refractivity contribution in [2.45, 2.75) is 26.2 Å². The number of fused-ring (bicyclic) bond motifs is 1. The van der Waals surface area contributed by atoms with Gasteiger partial charge in [-0.25, -0.2) is 0 Å². The molecule has 1 aliphatic carbocycles. The predicted octanol–water partition coefficient (Wildman–Crippen LogP) is 1.99. The van der Waals surface area contributed by atoms with E-state index in [9.17, 15) is 4.79 Å². The van der Waals surface area contributed by atoms with E-state index in [1.165, 1.54) is 11.1 Å². The van der Waals surface area contributed by atoms with E-state index in [1.54, 1.807) is 0 Å². The molecule has 2 rings (SSSR count). The molecule has 0 amide bonds. The minimum atomic E-state index is 0.313. The summed E-state index contributed by atoms with van der Waals surface area (Å²) in [7, 11) is 1.00. The SMILES string of the molecule is CCc1ccc2c(c1)CCC2=O.CO. The van der Waals surface area contributed by atoms with Gasteiger partial charge in [0.25, 0.3) is 0 Å². The van der Waals surface area contributed by atoms with Crippen LogP contribution in [0, 0.1) is 0 Å². The van der Waals surface area contributed by atoms with Gasteiger partial charge in [0.2, 0.25) is 0 Å². The van der Waals surface area contributed by atoms with Gasteiger partial charge in [-0.1, -0.05) is 25.1 Å². The van der Waals surface area contributed by atoms with Crippen molar-refractivity contribution in [2.75, 3.05) is 7.11 Å². The van der Waals surface area contributed by atoms with Gasteiger partial charge < -0.3 is 5.11 Å². The molecule has 14 heavy (non-hydrogen) atoms. The molecule has 0 heterocycles. The standard InChI is InChI=1S/C11H12O.CH4O/c1-2-8-3-5-10-9(7-8)4-6-11(10)12;1-2/h3,5,7H,2,4,6H2,1H3;2H,1H3. The van der Waals surface area contributed by atoms with Crippen molar-refractivity contribution >= 4 is 5.78 Å². The largest absolute Gasteiger partial charge is 0.400 e. The van der Waals surface area contributed by atoms with Crippen LogP contribution in [0.1, 0.15) is 34.8 Å². The van der Waals surface area contributed by atoms with Crippen molar-refractivity contribution < 1.29 is 9.90 Å². The summed E-state index contributed by atoms with van der Waals surface area (Å²) in [6, 6.07) is 6.20. The Hall–Kier alpha value is -1.15. The molecule has 1 aliphatic rings. The normalized spacial score (nSPS) is 13.2. The van der Waals surface area contributed by atoms with Crippen molar-refractivity contribution in [1.29, 1.82) is 0 Å². The molecule has 1 N–H and O–H groups in total. The van der Waals surface area contributed by atoms with Gasteiger partial charge >= 0.3 is 0 Å². The molecule has 0 atom stereocenters. The average molecular weight is 192 g/mol. The maximum absolute atomic E-state index is 11.3. The molecule has 2 heteroatoms. The Labute approximate surface area is 84.6 Å². The summed E-state index contributed by atoms with van der Waals surface area (Å²) in [6.07, 6.45) is 2.71. The van der Waals surface area contributed by atoms with Crippen LogP contribution in [0.5, 0.6) is 0 Å². The number of Topliss-reactive ketones (excluding diaryl/α,β-unsaturated/α-hetero) is 1. The zero-order valence-electron chi connectivity index (χ0n) is 8.71. The highest BCUT2D eigenvalue weighted by Crippen LogP contribution is 2.22. The summed E-state index contributed by atoms with van der Waals surface area (Å²) < 4.78 is 0. The first-order chi connectivity index (χ1) is 6.81. The number of aliphatic hydroxyl groups excluding tert-OH is 1. The molecule has 0 unspecified atom stereocenters. The Morgan fingerprint density at radius 1 is 1.29 bits per heavy atom. The second-order valence-corrected chi connectivity index (χ2v) is 3.27.